The fraction of sp³-hybridized carbons (Fsp3) is 0.818. The van der Waals surface area contributed by atoms with E-state index in [2.05, 4.69) is 15.9 Å². The Morgan fingerprint density at radius 2 is 2.17 bits per heavy atom. The van der Waals surface area contributed by atoms with Gasteiger partial charge in [0.05, 0.1) is 29.3 Å². The summed E-state index contributed by atoms with van der Waals surface area (Å²) >= 11 is 4.90. The molecular weight excluding hydrogens is 322 g/mol. The lowest BCUT2D eigenvalue weighted by Gasteiger charge is -2.48. The third-order valence-corrected chi connectivity index (χ3v) is 7.19. The molecule has 0 aromatic carbocycles. The molecule has 2 saturated heterocycles. The number of carbonyl (C=O) groups excluding carboxylic acids is 2. The van der Waals surface area contributed by atoms with Crippen LogP contribution in [0.1, 0.15) is 20.8 Å². The maximum absolute atomic E-state index is 12.1. The molecule has 2 fully saturated rings. The summed E-state index contributed by atoms with van der Waals surface area (Å²) in [6, 6.07) is 0. The van der Waals surface area contributed by atoms with E-state index in [4.69, 9.17) is 4.74 Å². The minimum absolute atomic E-state index is 0.189. The molecule has 4 atom stereocenters. The molecule has 5 nitrogen and oxygen atoms in total. The molecule has 0 aromatic rings. The molecule has 0 bridgehead atoms. The summed E-state index contributed by atoms with van der Waals surface area (Å²) in [5, 5.41) is 9.44. The zero-order valence-corrected chi connectivity index (χ0v) is 13.0. The zero-order chi connectivity index (χ0) is 13.9. The summed E-state index contributed by atoms with van der Waals surface area (Å²) in [5.41, 5.74) is 0. The Balaban J connectivity index is 2.39. The second-order valence-corrected chi connectivity index (χ2v) is 7.99. The summed E-state index contributed by atoms with van der Waals surface area (Å²) in [4.78, 5) is 25.6. The molecule has 0 radical (unpaired) electrons. The highest BCUT2D eigenvalue weighted by molar-refractivity contribution is 9.10. The number of rotatable bonds is 2. The van der Waals surface area contributed by atoms with Crippen molar-refractivity contribution in [2.24, 2.45) is 5.92 Å². The van der Waals surface area contributed by atoms with Gasteiger partial charge in [0, 0.05) is 0 Å². The van der Waals surface area contributed by atoms with Gasteiger partial charge in [0.15, 0.2) is 0 Å². The Morgan fingerprint density at radius 3 is 2.61 bits per heavy atom. The Bertz CT molecular complexity index is 414. The molecule has 1 amide bonds. The summed E-state index contributed by atoms with van der Waals surface area (Å²) in [6.07, 6.45) is -0.713. The molecule has 2 aliphatic heterocycles. The molecule has 102 valence electrons. The Morgan fingerprint density at radius 1 is 1.61 bits per heavy atom. The van der Waals surface area contributed by atoms with Crippen LogP contribution in [0.4, 0.5) is 0 Å². The van der Waals surface area contributed by atoms with Gasteiger partial charge < -0.3 is 14.7 Å². The second kappa shape index (κ2) is 4.11. The van der Waals surface area contributed by atoms with E-state index in [1.807, 2.05) is 13.8 Å². The van der Waals surface area contributed by atoms with Crippen LogP contribution < -0.4 is 0 Å². The number of thioether (sulfide) groups is 1. The number of amides is 1. The Kier molecular flexibility index (Phi) is 3.23. The number of halogens is 1. The first-order chi connectivity index (χ1) is 8.18. The van der Waals surface area contributed by atoms with E-state index in [-0.39, 0.29) is 11.3 Å². The number of nitrogens with zero attached hydrogens (tertiary/aromatic N) is 1. The lowest BCUT2D eigenvalue weighted by atomic mass is 9.88. The van der Waals surface area contributed by atoms with Gasteiger partial charge in [0.1, 0.15) is 0 Å². The van der Waals surface area contributed by atoms with Crippen molar-refractivity contribution in [2.75, 3.05) is 7.11 Å². The molecule has 2 aliphatic rings. The van der Waals surface area contributed by atoms with Crippen molar-refractivity contribution in [2.45, 2.75) is 41.4 Å². The van der Waals surface area contributed by atoms with Crippen molar-refractivity contribution in [3.63, 3.8) is 0 Å². The smallest absolute Gasteiger partial charge is 0.344 e. The fourth-order valence-corrected chi connectivity index (χ4v) is 5.31. The van der Waals surface area contributed by atoms with Crippen LogP contribution in [0.5, 0.6) is 0 Å². The monoisotopic (exact) mass is 337 g/mol. The number of aliphatic hydroxyl groups excluding tert-OH is 1. The van der Waals surface area contributed by atoms with E-state index in [0.717, 1.165) is 0 Å². The molecule has 0 saturated carbocycles. The van der Waals surface area contributed by atoms with Gasteiger partial charge in [-0.25, -0.2) is 4.79 Å². The first kappa shape index (κ1) is 14.1. The van der Waals surface area contributed by atoms with Crippen LogP contribution in [0.15, 0.2) is 0 Å². The molecule has 1 N–H and O–H groups in total. The van der Waals surface area contributed by atoms with Crippen LogP contribution in [0.3, 0.4) is 0 Å². The predicted octanol–water partition coefficient (Wildman–Crippen LogP) is 0.941. The summed E-state index contributed by atoms with van der Waals surface area (Å²) < 4.78 is 3.13. The van der Waals surface area contributed by atoms with Crippen molar-refractivity contribution in [1.29, 1.82) is 0 Å². The minimum atomic E-state index is -1.16. The van der Waals surface area contributed by atoms with Gasteiger partial charge in [-0.15, -0.1) is 11.8 Å². The van der Waals surface area contributed by atoms with Crippen LogP contribution in [-0.4, -0.2) is 49.7 Å². The number of ether oxygens (including phenoxy) is 1. The number of β-lactam (4-membered cyclic amide) rings is 1. The Hall–Kier alpha value is -0.270. The average Bonchev–Trinajstić information content (AvgIpc) is 2.42. The third kappa shape index (κ3) is 1.50. The number of hydrogen-bond acceptors (Lipinski definition) is 5. The number of fused-ring (bicyclic) bond motifs is 1. The third-order valence-electron chi connectivity index (χ3n) is 3.61. The summed E-state index contributed by atoms with van der Waals surface area (Å²) in [7, 11) is 1.30. The molecule has 0 aromatic heterocycles. The van der Waals surface area contributed by atoms with E-state index in [9.17, 15) is 14.7 Å². The largest absolute Gasteiger partial charge is 0.467 e. The minimum Gasteiger partial charge on any atom is -0.467 e. The zero-order valence-electron chi connectivity index (χ0n) is 10.6. The standard InChI is InChI=1S/C11H16BrNO4S/c1-5(14)6-7(15)13-8(6)18-10(2,3)11(13,12)9(16)17-4/h5-6,8,14H,1-4H3/t5?,6-,8-,11+/m1/s1. The highest BCUT2D eigenvalue weighted by Gasteiger charge is 2.72. The van der Waals surface area contributed by atoms with E-state index in [1.165, 1.54) is 23.8 Å². The highest BCUT2D eigenvalue weighted by atomic mass is 79.9. The molecule has 18 heavy (non-hydrogen) atoms. The number of esters is 1. The SMILES string of the molecule is COC(=O)[C@]1(Br)N2C(=O)[C@@H](C(C)O)[C@H]2SC1(C)C. The lowest BCUT2D eigenvalue weighted by molar-refractivity contribution is -0.171. The number of hydrogen-bond donors (Lipinski definition) is 1. The van der Waals surface area contributed by atoms with Gasteiger partial charge >= 0.3 is 5.97 Å². The predicted molar refractivity (Wildman–Crippen MR) is 71.1 cm³/mol. The molecule has 0 spiro atoms. The fourth-order valence-electron chi connectivity index (χ4n) is 2.53. The molecule has 7 heteroatoms. The van der Waals surface area contributed by atoms with Gasteiger partial charge in [-0.3, -0.25) is 4.79 Å². The van der Waals surface area contributed by atoms with Crippen LogP contribution in [0, 0.1) is 5.92 Å². The summed E-state index contributed by atoms with van der Waals surface area (Å²) in [5.74, 6) is -1.14. The van der Waals surface area contributed by atoms with Gasteiger partial charge in [-0.05, 0) is 36.7 Å². The lowest BCUT2D eigenvalue weighted by Crippen LogP contribution is -2.69. The number of alkyl halides is 1. The van der Waals surface area contributed by atoms with Gasteiger partial charge in [0.25, 0.3) is 0 Å². The maximum Gasteiger partial charge on any atom is 0.344 e. The first-order valence-corrected chi connectivity index (χ1v) is 7.32. The quantitative estimate of drug-likeness (QED) is 0.351. The van der Waals surface area contributed by atoms with Gasteiger partial charge in [-0.1, -0.05) is 0 Å². The van der Waals surface area contributed by atoms with Crippen LogP contribution in [0.25, 0.3) is 0 Å². The topological polar surface area (TPSA) is 66.8 Å². The highest BCUT2D eigenvalue weighted by Crippen LogP contribution is 2.61. The molecule has 0 aliphatic carbocycles. The Labute approximate surface area is 118 Å². The number of methoxy groups -OCH3 is 1. The van der Waals surface area contributed by atoms with Crippen LogP contribution >= 0.6 is 27.7 Å². The average molecular weight is 338 g/mol. The van der Waals surface area contributed by atoms with Gasteiger partial charge in [-0.2, -0.15) is 0 Å². The van der Waals surface area contributed by atoms with Crippen molar-refractivity contribution < 1.29 is 19.4 Å². The number of aliphatic hydroxyl groups is 1. The van der Waals surface area contributed by atoms with E-state index < -0.39 is 27.2 Å². The van der Waals surface area contributed by atoms with E-state index >= 15 is 0 Å². The van der Waals surface area contributed by atoms with Crippen molar-refractivity contribution in [1.82, 2.24) is 4.90 Å². The number of carbonyl (C=O) groups is 2. The van der Waals surface area contributed by atoms with Crippen molar-refractivity contribution in [3.8, 4) is 0 Å². The van der Waals surface area contributed by atoms with E-state index in [0.29, 0.717) is 0 Å². The molecule has 1 unspecified atom stereocenters. The van der Waals surface area contributed by atoms with Crippen molar-refractivity contribution >= 4 is 39.6 Å². The normalized spacial score (nSPS) is 39.0. The molecule has 2 heterocycles. The van der Waals surface area contributed by atoms with Crippen molar-refractivity contribution in [3.05, 3.63) is 0 Å². The second-order valence-electron chi connectivity index (χ2n) is 5.11. The molecular formula is C11H16BrNO4S. The van der Waals surface area contributed by atoms with Gasteiger partial charge in [0.2, 0.25) is 10.4 Å². The maximum atomic E-state index is 12.1. The summed E-state index contributed by atoms with van der Waals surface area (Å²) in [6.45, 7) is 5.36. The van der Waals surface area contributed by atoms with Crippen LogP contribution in [-0.2, 0) is 14.3 Å². The van der Waals surface area contributed by atoms with Crippen LogP contribution in [0.2, 0.25) is 0 Å². The first-order valence-electron chi connectivity index (χ1n) is 5.65. The molecule has 2 rings (SSSR count). The van der Waals surface area contributed by atoms with E-state index in [1.54, 1.807) is 6.92 Å².